The first-order valence-electron chi connectivity index (χ1n) is 4.72. The molecule has 0 aliphatic rings. The lowest BCUT2D eigenvalue weighted by Gasteiger charge is -2.05. The molecule has 0 aromatic carbocycles. The highest BCUT2D eigenvalue weighted by Gasteiger charge is 2.10. The van der Waals surface area contributed by atoms with Crippen LogP contribution in [0.15, 0.2) is 28.9 Å². The zero-order chi connectivity index (χ0) is 12.8. The van der Waals surface area contributed by atoms with Crippen molar-refractivity contribution in [1.82, 2.24) is 4.98 Å². The summed E-state index contributed by atoms with van der Waals surface area (Å²) in [5.41, 5.74) is 6.53. The van der Waals surface area contributed by atoms with E-state index < -0.39 is 0 Å². The van der Waals surface area contributed by atoms with Crippen LogP contribution in [0.5, 0.6) is 5.75 Å². The quantitative estimate of drug-likeness (QED) is 0.497. The van der Waals surface area contributed by atoms with E-state index >= 15 is 0 Å². The molecule has 0 saturated heterocycles. The molecule has 1 aromatic heterocycles. The topological polar surface area (TPSA) is 77.6 Å². The molecule has 0 radical (unpaired) electrons. The Hall–Kier alpha value is -1.88. The second-order valence-corrected chi connectivity index (χ2v) is 3.40. The molecule has 1 aromatic rings. The van der Waals surface area contributed by atoms with Gasteiger partial charge in [0.05, 0.1) is 30.3 Å². The van der Waals surface area contributed by atoms with E-state index in [9.17, 15) is 4.79 Å². The normalized spacial score (nSPS) is 13.0. The van der Waals surface area contributed by atoms with Gasteiger partial charge in [-0.3, -0.25) is 14.8 Å². The second kappa shape index (κ2) is 6.00. The molecule has 0 atom stereocenters. The molecule has 90 valence electrons. The smallest absolute Gasteiger partial charge is 0.155 e. The van der Waals surface area contributed by atoms with Crippen molar-refractivity contribution < 1.29 is 9.53 Å². The van der Waals surface area contributed by atoms with Crippen LogP contribution in [-0.4, -0.2) is 30.6 Å². The lowest BCUT2D eigenvalue weighted by molar-refractivity contribution is -0.104. The van der Waals surface area contributed by atoms with Gasteiger partial charge in [-0.15, -0.1) is 0 Å². The summed E-state index contributed by atoms with van der Waals surface area (Å²) in [6, 6.07) is 3.33. The third-order valence-electron chi connectivity index (χ3n) is 2.07. The first-order valence-corrected chi connectivity index (χ1v) is 5.09. The molecule has 0 aliphatic heterocycles. The van der Waals surface area contributed by atoms with Gasteiger partial charge in [-0.1, -0.05) is 11.6 Å². The number of carbonyl (C=O) groups is 1. The predicted molar refractivity (Wildman–Crippen MR) is 67.2 cm³/mol. The molecule has 0 fully saturated rings. The number of carbonyl (C=O) groups excluding carboxylic acids is 1. The predicted octanol–water partition coefficient (Wildman–Crippen LogP) is 1.23. The number of allylic oxidation sites excluding steroid dienone is 1. The molecule has 1 heterocycles. The number of nitrogens with zero attached hydrogens (tertiary/aromatic N) is 2. The number of rotatable bonds is 4. The molecule has 0 aliphatic carbocycles. The Balaban J connectivity index is 3.20. The summed E-state index contributed by atoms with van der Waals surface area (Å²) >= 11 is 5.76. The average molecular weight is 254 g/mol. The minimum atomic E-state index is 0.0510. The van der Waals surface area contributed by atoms with Gasteiger partial charge in [-0.2, -0.15) is 0 Å². The number of methoxy groups -OCH3 is 1. The molecule has 0 spiro atoms. The molecule has 5 nitrogen and oxygen atoms in total. The maximum atomic E-state index is 10.9. The number of pyridine rings is 1. The monoisotopic (exact) mass is 253 g/mol. The first kappa shape index (κ1) is 13.2. The molecule has 1 rings (SSSR count). The summed E-state index contributed by atoms with van der Waals surface area (Å²) in [7, 11) is 3.01. The van der Waals surface area contributed by atoms with Crippen molar-refractivity contribution in [2.24, 2.45) is 10.7 Å². The Morgan fingerprint density at radius 3 is 2.71 bits per heavy atom. The highest BCUT2D eigenvalue weighted by Crippen LogP contribution is 2.16. The van der Waals surface area contributed by atoms with Gasteiger partial charge in [0.1, 0.15) is 10.9 Å². The third-order valence-corrected chi connectivity index (χ3v) is 2.45. The van der Waals surface area contributed by atoms with Crippen LogP contribution in [0.25, 0.3) is 5.70 Å². The van der Waals surface area contributed by atoms with Crippen molar-refractivity contribution in [3.8, 4) is 5.75 Å². The Bertz CT molecular complexity index is 466. The molecule has 0 unspecified atom stereocenters. The molecular formula is C11H12ClN3O2. The van der Waals surface area contributed by atoms with Crippen LogP contribution in [0, 0.1) is 0 Å². The van der Waals surface area contributed by atoms with Crippen LogP contribution >= 0.6 is 11.6 Å². The van der Waals surface area contributed by atoms with Crippen LogP contribution in [0.4, 0.5) is 0 Å². The van der Waals surface area contributed by atoms with Crippen LogP contribution in [0.1, 0.15) is 5.69 Å². The number of hydrogen-bond acceptors (Lipinski definition) is 5. The van der Waals surface area contributed by atoms with Gasteiger partial charge in [-0.05, 0) is 12.1 Å². The van der Waals surface area contributed by atoms with Crippen LogP contribution < -0.4 is 10.5 Å². The van der Waals surface area contributed by atoms with Crippen molar-refractivity contribution in [3.63, 3.8) is 0 Å². The highest BCUT2D eigenvalue weighted by molar-refractivity contribution is 6.72. The highest BCUT2D eigenvalue weighted by atomic mass is 35.5. The van der Waals surface area contributed by atoms with Gasteiger partial charge in [-0.25, -0.2) is 0 Å². The molecule has 6 heteroatoms. The van der Waals surface area contributed by atoms with E-state index in [1.54, 1.807) is 12.1 Å². The Morgan fingerprint density at radius 1 is 1.59 bits per heavy atom. The summed E-state index contributed by atoms with van der Waals surface area (Å²) in [5.74, 6) is 0.601. The van der Waals surface area contributed by atoms with Crippen LogP contribution in [-0.2, 0) is 4.79 Å². The second-order valence-electron chi connectivity index (χ2n) is 3.04. The maximum Gasteiger partial charge on any atom is 0.155 e. The largest absolute Gasteiger partial charge is 0.495 e. The van der Waals surface area contributed by atoms with Crippen LogP contribution in [0.2, 0.25) is 0 Å². The summed E-state index contributed by atoms with van der Waals surface area (Å²) in [6.45, 7) is 0. The molecule has 2 N–H and O–H groups in total. The zero-order valence-electron chi connectivity index (χ0n) is 9.48. The lowest BCUT2D eigenvalue weighted by Crippen LogP contribution is -2.09. The van der Waals surface area contributed by atoms with Gasteiger partial charge >= 0.3 is 0 Å². The minimum Gasteiger partial charge on any atom is -0.495 e. The Labute approximate surface area is 104 Å². The van der Waals surface area contributed by atoms with E-state index in [2.05, 4.69) is 9.98 Å². The molecule has 0 saturated carbocycles. The van der Waals surface area contributed by atoms with Gasteiger partial charge in [0.15, 0.2) is 6.29 Å². The fraction of sp³-hybridized carbons (Fsp3) is 0.182. The van der Waals surface area contributed by atoms with E-state index in [0.717, 1.165) is 0 Å². The minimum absolute atomic E-state index is 0.0510. The van der Waals surface area contributed by atoms with E-state index in [0.29, 0.717) is 17.7 Å². The summed E-state index contributed by atoms with van der Waals surface area (Å²) in [6.07, 6.45) is 2.05. The van der Waals surface area contributed by atoms with E-state index in [-0.39, 0.29) is 16.4 Å². The van der Waals surface area contributed by atoms with Gasteiger partial charge in [0.25, 0.3) is 0 Å². The summed E-state index contributed by atoms with van der Waals surface area (Å²) < 4.78 is 4.97. The Morgan fingerprint density at radius 2 is 2.29 bits per heavy atom. The van der Waals surface area contributed by atoms with Gasteiger partial charge < -0.3 is 10.5 Å². The van der Waals surface area contributed by atoms with E-state index in [1.807, 2.05) is 0 Å². The number of hydrogen-bond donors (Lipinski definition) is 1. The van der Waals surface area contributed by atoms with E-state index in [4.69, 9.17) is 22.1 Å². The molecular weight excluding hydrogens is 242 g/mol. The zero-order valence-corrected chi connectivity index (χ0v) is 10.2. The van der Waals surface area contributed by atoms with Crippen molar-refractivity contribution in [3.05, 3.63) is 29.6 Å². The van der Waals surface area contributed by atoms with Crippen molar-refractivity contribution in [2.75, 3.05) is 14.2 Å². The van der Waals surface area contributed by atoms with Crippen LogP contribution in [0.3, 0.4) is 0 Å². The number of ether oxygens (including phenoxy) is 1. The first-order chi connectivity index (χ1) is 8.13. The Kier molecular flexibility index (Phi) is 4.66. The number of aromatic nitrogens is 1. The SMILES string of the molecule is CN=C(Cl)/C(C=O)=C(\N)c1ccc(OC)cn1. The number of aldehydes is 1. The number of aliphatic imine (C=N–C) groups is 1. The third kappa shape index (κ3) is 3.04. The lowest BCUT2D eigenvalue weighted by atomic mass is 10.2. The van der Waals surface area contributed by atoms with Crippen molar-refractivity contribution in [1.29, 1.82) is 0 Å². The summed E-state index contributed by atoms with van der Waals surface area (Å²) in [5, 5.41) is 0.0510. The van der Waals surface area contributed by atoms with Gasteiger partial charge in [0.2, 0.25) is 0 Å². The molecule has 17 heavy (non-hydrogen) atoms. The number of halogens is 1. The van der Waals surface area contributed by atoms with Gasteiger partial charge in [0, 0.05) is 7.05 Å². The van der Waals surface area contributed by atoms with E-state index in [1.165, 1.54) is 20.4 Å². The van der Waals surface area contributed by atoms with Crippen molar-refractivity contribution >= 4 is 28.8 Å². The fourth-order valence-electron chi connectivity index (χ4n) is 1.14. The average Bonchev–Trinajstić information content (AvgIpc) is 2.39. The number of nitrogens with two attached hydrogens (primary N) is 1. The fourth-order valence-corrected chi connectivity index (χ4v) is 1.29. The van der Waals surface area contributed by atoms with Crippen molar-refractivity contribution in [2.45, 2.75) is 0 Å². The summed E-state index contributed by atoms with van der Waals surface area (Å²) in [4.78, 5) is 18.6. The molecule has 0 amide bonds. The maximum absolute atomic E-state index is 10.9. The molecule has 0 bridgehead atoms. The standard InChI is InChI=1S/C11H12ClN3O2/c1-14-11(12)8(6-16)10(13)9-4-3-7(17-2)5-15-9/h3-6H,13H2,1-2H3/b10-8-,14-11?.